The molecule has 0 aliphatic carbocycles. The summed E-state index contributed by atoms with van der Waals surface area (Å²) in [7, 11) is -4.03. The Balaban J connectivity index is 1.64. The highest BCUT2D eigenvalue weighted by Crippen LogP contribution is 2.31. The van der Waals surface area contributed by atoms with Crippen molar-refractivity contribution in [3.63, 3.8) is 0 Å². The van der Waals surface area contributed by atoms with Crippen molar-refractivity contribution in [3.8, 4) is 0 Å². The Labute approximate surface area is 177 Å². The molecule has 12 heteroatoms. The molecule has 2 aromatic rings. The van der Waals surface area contributed by atoms with E-state index in [4.69, 9.17) is 20.9 Å². The van der Waals surface area contributed by atoms with E-state index < -0.39 is 26.8 Å². The third-order valence-electron chi connectivity index (χ3n) is 5.07. The van der Waals surface area contributed by atoms with Crippen molar-refractivity contribution in [1.82, 2.24) is 9.46 Å². The molecule has 1 saturated heterocycles. The van der Waals surface area contributed by atoms with Crippen molar-refractivity contribution in [3.05, 3.63) is 50.4 Å². The lowest BCUT2D eigenvalue weighted by molar-refractivity contribution is -0.385. The molecule has 0 saturated carbocycles. The Bertz CT molecular complexity index is 1060. The number of piperidine rings is 1. The van der Waals surface area contributed by atoms with E-state index in [9.17, 15) is 23.3 Å². The number of aryl methyl sites for hydroxylation is 2. The molecule has 1 fully saturated rings. The number of aromatic nitrogens is 1. The summed E-state index contributed by atoms with van der Waals surface area (Å²) in [6.07, 6.45) is 0.540. The smallest absolute Gasteiger partial charge is 0.309 e. The maximum atomic E-state index is 12.9. The number of carbonyl (C=O) groups excluding carboxylic acids is 1. The van der Waals surface area contributed by atoms with E-state index in [2.05, 4.69) is 5.16 Å². The third-order valence-corrected chi connectivity index (χ3v) is 7.45. The molecule has 0 N–H and O–H groups in total. The SMILES string of the molecule is Cc1noc(C)c1COC(=O)C1CCN(S(=O)(=O)c2cc([N+](=O)[O-])ccc2Cl)CC1. The number of esters is 1. The number of hydrogen-bond donors (Lipinski definition) is 0. The van der Waals surface area contributed by atoms with Gasteiger partial charge in [-0.25, -0.2) is 8.42 Å². The Kier molecular flexibility index (Phi) is 6.44. The number of benzene rings is 1. The van der Waals surface area contributed by atoms with Crippen molar-refractivity contribution < 1.29 is 27.4 Å². The van der Waals surface area contributed by atoms with Crippen LogP contribution in [-0.2, 0) is 26.2 Å². The molecule has 30 heavy (non-hydrogen) atoms. The number of ether oxygens (including phenoxy) is 1. The number of non-ortho nitro benzene ring substituents is 1. The highest BCUT2D eigenvalue weighted by atomic mass is 35.5. The minimum absolute atomic E-state index is 0.0435. The zero-order chi connectivity index (χ0) is 22.1. The molecule has 2 heterocycles. The fraction of sp³-hybridized carbons (Fsp3) is 0.444. The number of carbonyl (C=O) groups is 1. The average Bonchev–Trinajstić information content (AvgIpc) is 3.03. The van der Waals surface area contributed by atoms with Gasteiger partial charge in [-0.05, 0) is 32.8 Å². The van der Waals surface area contributed by atoms with Crippen LogP contribution in [0.1, 0.15) is 29.9 Å². The molecule has 0 amide bonds. The van der Waals surface area contributed by atoms with Gasteiger partial charge in [-0.3, -0.25) is 14.9 Å². The van der Waals surface area contributed by atoms with Crippen molar-refractivity contribution in [1.29, 1.82) is 0 Å². The lowest BCUT2D eigenvalue weighted by Gasteiger charge is -2.30. The summed E-state index contributed by atoms with van der Waals surface area (Å²) in [6.45, 7) is 3.67. The van der Waals surface area contributed by atoms with Gasteiger partial charge in [-0.2, -0.15) is 4.31 Å². The van der Waals surface area contributed by atoms with Crippen molar-refractivity contribution >= 4 is 33.3 Å². The van der Waals surface area contributed by atoms with E-state index in [1.54, 1.807) is 13.8 Å². The summed E-state index contributed by atoms with van der Waals surface area (Å²) < 4.78 is 37.4. The van der Waals surface area contributed by atoms with E-state index >= 15 is 0 Å². The van der Waals surface area contributed by atoms with Crippen molar-refractivity contribution in [2.45, 2.75) is 38.2 Å². The molecule has 3 rings (SSSR count). The summed E-state index contributed by atoms with van der Waals surface area (Å²) in [5.41, 5.74) is 0.995. The summed E-state index contributed by atoms with van der Waals surface area (Å²) >= 11 is 5.98. The molecular formula is C18H20ClN3O7S. The number of halogens is 1. The van der Waals surface area contributed by atoms with Crippen molar-refractivity contribution in [2.75, 3.05) is 13.1 Å². The molecule has 10 nitrogen and oxygen atoms in total. The number of nitro groups is 1. The predicted octanol–water partition coefficient (Wildman–Crippen LogP) is 3.00. The van der Waals surface area contributed by atoms with Crippen LogP contribution in [0.3, 0.4) is 0 Å². The average molecular weight is 458 g/mol. The maximum Gasteiger partial charge on any atom is 0.309 e. The number of hydrogen-bond acceptors (Lipinski definition) is 8. The van der Waals surface area contributed by atoms with E-state index in [-0.39, 0.29) is 48.1 Å². The highest BCUT2D eigenvalue weighted by Gasteiger charge is 2.34. The van der Waals surface area contributed by atoms with Crippen LogP contribution in [-0.4, -0.2) is 41.9 Å². The normalized spacial score (nSPS) is 15.8. The standard InChI is InChI=1S/C18H20ClN3O7S/c1-11-15(12(2)29-20-11)10-28-18(23)13-5-7-21(8-6-13)30(26,27)17-9-14(22(24)25)3-4-16(17)19/h3-4,9,13H,5-8,10H2,1-2H3. The predicted molar refractivity (Wildman–Crippen MR) is 105 cm³/mol. The van der Waals surface area contributed by atoms with Gasteiger partial charge in [0.05, 0.1) is 27.1 Å². The lowest BCUT2D eigenvalue weighted by Crippen LogP contribution is -2.40. The molecule has 1 aromatic carbocycles. The number of nitro benzene ring substituents is 1. The van der Waals surface area contributed by atoms with Gasteiger partial charge in [0.1, 0.15) is 17.3 Å². The zero-order valence-corrected chi connectivity index (χ0v) is 17.9. The van der Waals surface area contributed by atoms with Crippen LogP contribution in [0.25, 0.3) is 0 Å². The van der Waals surface area contributed by atoms with Gasteiger partial charge in [0.15, 0.2) is 0 Å². The molecular weight excluding hydrogens is 438 g/mol. The first-order chi connectivity index (χ1) is 14.1. The van der Waals surface area contributed by atoms with Gasteiger partial charge < -0.3 is 9.26 Å². The van der Waals surface area contributed by atoms with Crippen LogP contribution in [0.5, 0.6) is 0 Å². The largest absolute Gasteiger partial charge is 0.460 e. The second kappa shape index (κ2) is 8.70. The topological polar surface area (TPSA) is 133 Å². The minimum atomic E-state index is -4.03. The molecule has 0 atom stereocenters. The molecule has 0 radical (unpaired) electrons. The molecule has 1 aromatic heterocycles. The summed E-state index contributed by atoms with van der Waals surface area (Å²) in [5.74, 6) is -0.284. The number of nitrogens with zero attached hydrogens (tertiary/aromatic N) is 3. The van der Waals surface area contributed by atoms with Gasteiger partial charge in [0.25, 0.3) is 5.69 Å². The monoisotopic (exact) mass is 457 g/mol. The van der Waals surface area contributed by atoms with Gasteiger partial charge >= 0.3 is 5.97 Å². The molecule has 0 unspecified atom stereocenters. The van der Waals surface area contributed by atoms with Crippen LogP contribution in [0.4, 0.5) is 5.69 Å². The summed E-state index contributed by atoms with van der Waals surface area (Å²) in [5, 5.41) is 14.7. The molecule has 1 aliphatic rings. The van der Waals surface area contributed by atoms with Gasteiger partial charge in [-0.15, -0.1) is 0 Å². The minimum Gasteiger partial charge on any atom is -0.460 e. The Morgan fingerprint density at radius 1 is 1.37 bits per heavy atom. The third kappa shape index (κ3) is 4.47. The zero-order valence-electron chi connectivity index (χ0n) is 16.3. The van der Waals surface area contributed by atoms with Crippen LogP contribution in [0.2, 0.25) is 5.02 Å². The van der Waals surface area contributed by atoms with Crippen LogP contribution < -0.4 is 0 Å². The fourth-order valence-electron chi connectivity index (χ4n) is 3.24. The van der Waals surface area contributed by atoms with Crippen LogP contribution in [0, 0.1) is 29.9 Å². The fourth-order valence-corrected chi connectivity index (χ4v) is 5.21. The Morgan fingerprint density at radius 3 is 2.60 bits per heavy atom. The van der Waals surface area contributed by atoms with Crippen LogP contribution >= 0.6 is 11.6 Å². The van der Waals surface area contributed by atoms with Gasteiger partial charge in [0, 0.05) is 25.2 Å². The van der Waals surface area contributed by atoms with Crippen molar-refractivity contribution in [2.24, 2.45) is 5.92 Å². The summed E-state index contributed by atoms with van der Waals surface area (Å²) in [4.78, 5) is 22.3. The molecule has 0 spiro atoms. The molecule has 0 bridgehead atoms. The van der Waals surface area contributed by atoms with E-state index in [0.29, 0.717) is 17.0 Å². The number of sulfonamides is 1. The first kappa shape index (κ1) is 22.2. The van der Waals surface area contributed by atoms with Gasteiger partial charge in [0.2, 0.25) is 10.0 Å². The lowest BCUT2D eigenvalue weighted by atomic mass is 9.98. The Hall–Kier alpha value is -2.50. The maximum absolute atomic E-state index is 12.9. The first-order valence-electron chi connectivity index (χ1n) is 9.13. The number of rotatable bonds is 6. The van der Waals surface area contributed by atoms with Crippen LogP contribution in [0.15, 0.2) is 27.6 Å². The molecule has 162 valence electrons. The molecule has 1 aliphatic heterocycles. The quantitative estimate of drug-likeness (QED) is 0.367. The summed E-state index contributed by atoms with van der Waals surface area (Å²) in [6, 6.07) is 3.27. The van der Waals surface area contributed by atoms with Gasteiger partial charge in [-0.1, -0.05) is 16.8 Å². The second-order valence-corrected chi connectivity index (χ2v) is 9.27. The Morgan fingerprint density at radius 2 is 2.03 bits per heavy atom. The highest BCUT2D eigenvalue weighted by molar-refractivity contribution is 7.89. The second-order valence-electron chi connectivity index (χ2n) is 6.96. The van der Waals surface area contributed by atoms with E-state index in [1.165, 1.54) is 10.4 Å². The van der Waals surface area contributed by atoms with E-state index in [1.807, 2.05) is 0 Å². The van der Waals surface area contributed by atoms with E-state index in [0.717, 1.165) is 12.1 Å². The first-order valence-corrected chi connectivity index (χ1v) is 11.0.